The molecule has 0 spiro atoms. The van der Waals surface area contributed by atoms with Gasteiger partial charge < -0.3 is 15.2 Å². The first-order chi connectivity index (χ1) is 7.53. The molecule has 0 bridgehead atoms. The third kappa shape index (κ3) is 1.68. The van der Waals surface area contributed by atoms with Gasteiger partial charge in [-0.3, -0.25) is 0 Å². The lowest BCUT2D eigenvalue weighted by Gasteiger charge is -2.17. The van der Waals surface area contributed by atoms with Crippen molar-refractivity contribution >= 4 is 15.9 Å². The van der Waals surface area contributed by atoms with Gasteiger partial charge in [0, 0.05) is 15.6 Å². The van der Waals surface area contributed by atoms with Gasteiger partial charge in [0.05, 0.1) is 14.2 Å². The third-order valence-corrected chi connectivity index (χ3v) is 3.48. The standard InChI is InChI=1S/C11H13BrFNO2/c1-15-7-5-6(12)8(11(14)3-4-11)9(13)10(7)16-2/h5H,3-4,14H2,1-2H3. The van der Waals surface area contributed by atoms with Crippen LogP contribution in [0, 0.1) is 5.82 Å². The van der Waals surface area contributed by atoms with Crippen LogP contribution in [0.4, 0.5) is 4.39 Å². The minimum atomic E-state index is -0.553. The van der Waals surface area contributed by atoms with E-state index in [2.05, 4.69) is 15.9 Å². The molecule has 0 radical (unpaired) electrons. The van der Waals surface area contributed by atoms with E-state index in [1.807, 2.05) is 0 Å². The molecule has 3 nitrogen and oxygen atoms in total. The number of methoxy groups -OCH3 is 2. The van der Waals surface area contributed by atoms with E-state index < -0.39 is 11.4 Å². The van der Waals surface area contributed by atoms with Gasteiger partial charge in [0.15, 0.2) is 17.3 Å². The van der Waals surface area contributed by atoms with Gasteiger partial charge in [-0.05, 0) is 18.9 Å². The molecule has 1 aromatic rings. The Labute approximate surface area is 102 Å². The molecule has 2 rings (SSSR count). The van der Waals surface area contributed by atoms with Gasteiger partial charge in [-0.25, -0.2) is 4.39 Å². The maximum absolute atomic E-state index is 14.2. The van der Waals surface area contributed by atoms with Crippen LogP contribution in [-0.4, -0.2) is 14.2 Å². The number of hydrogen-bond donors (Lipinski definition) is 1. The zero-order valence-electron chi connectivity index (χ0n) is 9.14. The molecule has 0 atom stereocenters. The van der Waals surface area contributed by atoms with E-state index in [0.717, 1.165) is 12.8 Å². The third-order valence-electron chi connectivity index (χ3n) is 2.85. The van der Waals surface area contributed by atoms with Gasteiger partial charge in [-0.15, -0.1) is 0 Å². The first kappa shape index (κ1) is 11.7. The summed E-state index contributed by atoms with van der Waals surface area (Å²) in [6.45, 7) is 0. The summed E-state index contributed by atoms with van der Waals surface area (Å²) in [7, 11) is 2.88. The molecule has 0 unspecified atom stereocenters. The summed E-state index contributed by atoms with van der Waals surface area (Å²) >= 11 is 3.32. The second-order valence-electron chi connectivity index (χ2n) is 3.94. The summed E-state index contributed by atoms with van der Waals surface area (Å²) in [6.07, 6.45) is 1.58. The van der Waals surface area contributed by atoms with Gasteiger partial charge >= 0.3 is 0 Å². The molecule has 1 saturated carbocycles. The molecule has 0 aromatic heterocycles. The Kier molecular flexibility index (Phi) is 2.84. The molecule has 0 amide bonds. The molecule has 0 aliphatic heterocycles. The van der Waals surface area contributed by atoms with Gasteiger partial charge in [-0.1, -0.05) is 15.9 Å². The molecule has 5 heteroatoms. The van der Waals surface area contributed by atoms with Crippen molar-refractivity contribution in [2.75, 3.05) is 14.2 Å². The number of benzene rings is 1. The van der Waals surface area contributed by atoms with Crippen molar-refractivity contribution in [1.29, 1.82) is 0 Å². The Morgan fingerprint density at radius 3 is 2.44 bits per heavy atom. The number of nitrogens with two attached hydrogens (primary N) is 1. The molecule has 2 N–H and O–H groups in total. The lowest BCUT2D eigenvalue weighted by Crippen LogP contribution is -2.21. The molecule has 0 saturated heterocycles. The van der Waals surface area contributed by atoms with E-state index in [1.54, 1.807) is 6.07 Å². The highest BCUT2D eigenvalue weighted by atomic mass is 79.9. The summed E-state index contributed by atoms with van der Waals surface area (Å²) in [5, 5.41) is 0. The van der Waals surface area contributed by atoms with E-state index in [-0.39, 0.29) is 5.75 Å². The number of halogens is 2. The molecular weight excluding hydrogens is 277 g/mol. The molecule has 1 aliphatic rings. The molecule has 16 heavy (non-hydrogen) atoms. The first-order valence-electron chi connectivity index (χ1n) is 4.93. The lowest BCUT2D eigenvalue weighted by atomic mass is 10.0. The van der Waals surface area contributed by atoms with Crippen molar-refractivity contribution in [3.8, 4) is 11.5 Å². The average Bonchev–Trinajstić information content (AvgIpc) is 2.96. The predicted molar refractivity (Wildman–Crippen MR) is 62.3 cm³/mol. The highest BCUT2D eigenvalue weighted by Gasteiger charge is 2.44. The van der Waals surface area contributed by atoms with Crippen LogP contribution in [0.1, 0.15) is 18.4 Å². The van der Waals surface area contributed by atoms with E-state index in [9.17, 15) is 4.39 Å². The van der Waals surface area contributed by atoms with Crippen molar-refractivity contribution < 1.29 is 13.9 Å². The van der Waals surface area contributed by atoms with Crippen LogP contribution in [0.15, 0.2) is 10.5 Å². The summed E-state index contributed by atoms with van der Waals surface area (Å²) in [5.41, 5.74) is 5.94. The van der Waals surface area contributed by atoms with Crippen molar-refractivity contribution in [3.63, 3.8) is 0 Å². The Balaban J connectivity index is 2.62. The van der Waals surface area contributed by atoms with Crippen LogP contribution in [0.2, 0.25) is 0 Å². The van der Waals surface area contributed by atoms with Crippen LogP contribution in [0.25, 0.3) is 0 Å². The number of ether oxygens (including phenoxy) is 2. The fourth-order valence-electron chi connectivity index (χ4n) is 1.76. The maximum Gasteiger partial charge on any atom is 0.197 e. The summed E-state index contributed by atoms with van der Waals surface area (Å²) < 4.78 is 24.9. The summed E-state index contributed by atoms with van der Waals surface area (Å²) in [4.78, 5) is 0. The monoisotopic (exact) mass is 289 g/mol. The van der Waals surface area contributed by atoms with Crippen molar-refractivity contribution in [2.45, 2.75) is 18.4 Å². The second-order valence-corrected chi connectivity index (χ2v) is 4.79. The zero-order chi connectivity index (χ0) is 11.9. The highest BCUT2D eigenvalue weighted by molar-refractivity contribution is 9.10. The van der Waals surface area contributed by atoms with Crippen LogP contribution in [0.3, 0.4) is 0 Å². The maximum atomic E-state index is 14.2. The Morgan fingerprint density at radius 1 is 1.38 bits per heavy atom. The molecule has 0 heterocycles. The fourth-order valence-corrected chi connectivity index (χ4v) is 2.54. The van der Waals surface area contributed by atoms with E-state index in [1.165, 1.54) is 14.2 Å². The van der Waals surface area contributed by atoms with Crippen LogP contribution in [0.5, 0.6) is 11.5 Å². The lowest BCUT2D eigenvalue weighted by molar-refractivity contribution is 0.334. The molecular formula is C11H13BrFNO2. The van der Waals surface area contributed by atoms with Crippen LogP contribution in [-0.2, 0) is 5.54 Å². The Hall–Kier alpha value is -0.810. The van der Waals surface area contributed by atoms with Gasteiger partial charge in [0.2, 0.25) is 0 Å². The smallest absolute Gasteiger partial charge is 0.197 e. The second kappa shape index (κ2) is 3.89. The largest absolute Gasteiger partial charge is 0.493 e. The van der Waals surface area contributed by atoms with E-state index in [4.69, 9.17) is 15.2 Å². The summed E-state index contributed by atoms with van der Waals surface area (Å²) in [5.74, 6) is 0.0334. The molecule has 88 valence electrons. The number of rotatable bonds is 3. The quantitative estimate of drug-likeness (QED) is 0.930. The zero-order valence-corrected chi connectivity index (χ0v) is 10.7. The molecule has 1 fully saturated rings. The number of hydrogen-bond acceptors (Lipinski definition) is 3. The van der Waals surface area contributed by atoms with Crippen LogP contribution < -0.4 is 15.2 Å². The van der Waals surface area contributed by atoms with Crippen molar-refractivity contribution in [3.05, 3.63) is 21.9 Å². The highest BCUT2D eigenvalue weighted by Crippen LogP contribution is 2.50. The first-order valence-corrected chi connectivity index (χ1v) is 5.72. The van der Waals surface area contributed by atoms with Gasteiger partial charge in [-0.2, -0.15) is 0 Å². The normalized spacial score (nSPS) is 17.1. The van der Waals surface area contributed by atoms with Gasteiger partial charge in [0.25, 0.3) is 0 Å². The minimum absolute atomic E-state index is 0.109. The molecule has 1 aliphatic carbocycles. The Bertz CT molecular complexity index is 432. The predicted octanol–water partition coefficient (Wildman–Crippen LogP) is 2.55. The van der Waals surface area contributed by atoms with E-state index >= 15 is 0 Å². The van der Waals surface area contributed by atoms with E-state index in [0.29, 0.717) is 15.8 Å². The van der Waals surface area contributed by atoms with Crippen molar-refractivity contribution in [1.82, 2.24) is 0 Å². The Morgan fingerprint density at radius 2 is 2.00 bits per heavy atom. The SMILES string of the molecule is COc1cc(Br)c(C2(N)CC2)c(F)c1OC. The topological polar surface area (TPSA) is 44.5 Å². The van der Waals surface area contributed by atoms with Crippen molar-refractivity contribution in [2.24, 2.45) is 5.73 Å². The minimum Gasteiger partial charge on any atom is -0.493 e. The van der Waals surface area contributed by atoms with Crippen LogP contribution >= 0.6 is 15.9 Å². The average molecular weight is 290 g/mol. The molecule has 1 aromatic carbocycles. The van der Waals surface area contributed by atoms with Gasteiger partial charge in [0.1, 0.15) is 0 Å². The summed E-state index contributed by atoms with van der Waals surface area (Å²) in [6, 6.07) is 1.68. The fraction of sp³-hybridized carbons (Fsp3) is 0.455.